The van der Waals surface area contributed by atoms with Gasteiger partial charge in [0.1, 0.15) is 0 Å². The maximum atomic E-state index is 12.2. The quantitative estimate of drug-likeness (QED) is 0.656. The van der Waals surface area contributed by atoms with Gasteiger partial charge in [-0.05, 0) is 25.8 Å². The first-order valence-electron chi connectivity index (χ1n) is 7.77. The highest BCUT2D eigenvalue weighted by atomic mass is 16.4. The Morgan fingerprint density at radius 2 is 1.90 bits per heavy atom. The first kappa shape index (κ1) is 17.0. The number of hydrogen-bond acceptors (Lipinski definition) is 3. The molecule has 1 aliphatic rings. The molecule has 1 fully saturated rings. The topological polar surface area (TPSA) is 60.9 Å². The highest BCUT2D eigenvalue weighted by molar-refractivity contribution is 5.78. The van der Waals surface area contributed by atoms with Crippen molar-refractivity contribution in [1.29, 1.82) is 0 Å². The Hall–Kier alpha value is -1.10. The number of likely N-dealkylation sites (tertiary alicyclic amines) is 1. The molecule has 0 aromatic heterocycles. The van der Waals surface area contributed by atoms with Crippen molar-refractivity contribution in [2.45, 2.75) is 46.0 Å². The molecular formula is C15H28N2O3. The fourth-order valence-corrected chi connectivity index (χ4v) is 2.54. The third-order valence-corrected chi connectivity index (χ3v) is 3.85. The minimum absolute atomic E-state index is 0.150. The van der Waals surface area contributed by atoms with Crippen LogP contribution < -0.4 is 0 Å². The summed E-state index contributed by atoms with van der Waals surface area (Å²) in [7, 11) is 0. The SMILES string of the molecule is CCCCCN(CC(=O)N1CCCC1)CC(C)C(=O)O. The second-order valence-electron chi connectivity index (χ2n) is 5.77. The molecule has 0 saturated carbocycles. The van der Waals surface area contributed by atoms with Crippen LogP contribution in [0, 0.1) is 5.92 Å². The summed E-state index contributed by atoms with van der Waals surface area (Å²) in [5.41, 5.74) is 0. The van der Waals surface area contributed by atoms with E-state index in [4.69, 9.17) is 5.11 Å². The zero-order valence-corrected chi connectivity index (χ0v) is 12.8. The highest BCUT2D eigenvalue weighted by Gasteiger charge is 2.22. The summed E-state index contributed by atoms with van der Waals surface area (Å²) in [6.45, 7) is 7.19. The van der Waals surface area contributed by atoms with Gasteiger partial charge in [-0.1, -0.05) is 26.7 Å². The average molecular weight is 284 g/mol. The van der Waals surface area contributed by atoms with E-state index in [1.807, 2.05) is 9.80 Å². The van der Waals surface area contributed by atoms with Gasteiger partial charge in [0.05, 0.1) is 12.5 Å². The number of carboxylic acid groups (broad SMARTS) is 1. The van der Waals surface area contributed by atoms with Gasteiger partial charge in [-0.25, -0.2) is 0 Å². The molecule has 1 heterocycles. The zero-order chi connectivity index (χ0) is 15.0. The molecule has 1 amide bonds. The minimum Gasteiger partial charge on any atom is -0.481 e. The van der Waals surface area contributed by atoms with Crippen molar-refractivity contribution < 1.29 is 14.7 Å². The molecule has 5 heteroatoms. The summed E-state index contributed by atoms with van der Waals surface area (Å²) in [6.07, 6.45) is 5.45. The number of rotatable bonds is 9. The Kier molecular flexibility index (Phi) is 7.59. The Balaban J connectivity index is 2.47. The van der Waals surface area contributed by atoms with E-state index in [1.165, 1.54) is 0 Å². The van der Waals surface area contributed by atoms with E-state index in [-0.39, 0.29) is 5.91 Å². The molecule has 5 nitrogen and oxygen atoms in total. The van der Waals surface area contributed by atoms with Gasteiger partial charge in [0.25, 0.3) is 0 Å². The minimum atomic E-state index is -0.792. The first-order valence-corrected chi connectivity index (χ1v) is 7.77. The van der Waals surface area contributed by atoms with E-state index < -0.39 is 11.9 Å². The molecule has 1 rings (SSSR count). The molecule has 20 heavy (non-hydrogen) atoms. The molecule has 1 N–H and O–H groups in total. The molecule has 0 aromatic rings. The lowest BCUT2D eigenvalue weighted by molar-refractivity contribution is -0.142. The van der Waals surface area contributed by atoms with Crippen molar-refractivity contribution in [3.63, 3.8) is 0 Å². The van der Waals surface area contributed by atoms with Gasteiger partial charge in [-0.3, -0.25) is 14.5 Å². The molecule has 0 spiro atoms. The number of amides is 1. The Morgan fingerprint density at radius 1 is 1.25 bits per heavy atom. The van der Waals surface area contributed by atoms with Crippen LogP contribution in [0.15, 0.2) is 0 Å². The molecule has 0 aromatic carbocycles. The number of aliphatic carboxylic acids is 1. The van der Waals surface area contributed by atoms with Crippen molar-refractivity contribution in [2.75, 3.05) is 32.7 Å². The number of carbonyl (C=O) groups is 2. The van der Waals surface area contributed by atoms with E-state index >= 15 is 0 Å². The predicted molar refractivity (Wildman–Crippen MR) is 78.6 cm³/mol. The molecule has 1 unspecified atom stereocenters. The van der Waals surface area contributed by atoms with Gasteiger partial charge in [-0.2, -0.15) is 0 Å². The lowest BCUT2D eigenvalue weighted by atomic mass is 10.1. The van der Waals surface area contributed by atoms with E-state index in [1.54, 1.807) is 6.92 Å². The number of unbranched alkanes of at least 4 members (excludes halogenated alkanes) is 2. The van der Waals surface area contributed by atoms with E-state index in [9.17, 15) is 9.59 Å². The van der Waals surface area contributed by atoms with Gasteiger partial charge >= 0.3 is 5.97 Å². The third-order valence-electron chi connectivity index (χ3n) is 3.85. The van der Waals surface area contributed by atoms with Crippen LogP contribution in [0.25, 0.3) is 0 Å². The average Bonchev–Trinajstić information content (AvgIpc) is 2.92. The molecule has 0 radical (unpaired) electrons. The molecule has 116 valence electrons. The van der Waals surface area contributed by atoms with E-state index in [2.05, 4.69) is 6.92 Å². The van der Waals surface area contributed by atoms with Crippen LogP contribution in [0.3, 0.4) is 0 Å². The van der Waals surface area contributed by atoms with Crippen LogP contribution in [-0.2, 0) is 9.59 Å². The predicted octanol–water partition coefficient (Wildman–Crippen LogP) is 1.82. The Labute approximate surface area is 121 Å². The molecular weight excluding hydrogens is 256 g/mol. The van der Waals surface area contributed by atoms with Crippen LogP contribution >= 0.6 is 0 Å². The fourth-order valence-electron chi connectivity index (χ4n) is 2.54. The standard InChI is InChI=1S/C15H28N2O3/c1-3-4-5-8-16(11-13(2)15(19)20)12-14(18)17-9-6-7-10-17/h13H,3-12H2,1-2H3,(H,19,20). The fraction of sp³-hybridized carbons (Fsp3) is 0.867. The van der Waals surface area contributed by atoms with Crippen LogP contribution in [0.2, 0.25) is 0 Å². The highest BCUT2D eigenvalue weighted by Crippen LogP contribution is 2.10. The zero-order valence-electron chi connectivity index (χ0n) is 12.8. The molecule has 0 bridgehead atoms. The number of hydrogen-bond donors (Lipinski definition) is 1. The second kappa shape index (κ2) is 8.95. The summed E-state index contributed by atoms with van der Waals surface area (Å²) >= 11 is 0. The van der Waals surface area contributed by atoms with Crippen LogP contribution in [0.5, 0.6) is 0 Å². The normalized spacial score (nSPS) is 16.6. The van der Waals surface area contributed by atoms with E-state index in [0.717, 1.165) is 51.7 Å². The van der Waals surface area contributed by atoms with Crippen molar-refractivity contribution in [2.24, 2.45) is 5.92 Å². The lowest BCUT2D eigenvalue weighted by Gasteiger charge is -2.26. The van der Waals surface area contributed by atoms with Crippen LogP contribution in [0.4, 0.5) is 0 Å². The Bertz CT molecular complexity index is 314. The van der Waals surface area contributed by atoms with Crippen molar-refractivity contribution >= 4 is 11.9 Å². The molecule has 1 saturated heterocycles. The first-order chi connectivity index (χ1) is 9.54. The Morgan fingerprint density at radius 3 is 2.45 bits per heavy atom. The van der Waals surface area contributed by atoms with E-state index in [0.29, 0.717) is 13.1 Å². The molecule has 1 atom stereocenters. The largest absolute Gasteiger partial charge is 0.481 e. The summed E-state index contributed by atoms with van der Waals surface area (Å²) < 4.78 is 0. The maximum Gasteiger partial charge on any atom is 0.307 e. The summed E-state index contributed by atoms with van der Waals surface area (Å²) in [5.74, 6) is -1.07. The molecule has 1 aliphatic heterocycles. The number of carboxylic acids is 1. The van der Waals surface area contributed by atoms with Gasteiger partial charge in [0, 0.05) is 19.6 Å². The van der Waals surface area contributed by atoms with Crippen LogP contribution in [-0.4, -0.2) is 59.5 Å². The van der Waals surface area contributed by atoms with Gasteiger partial charge < -0.3 is 10.0 Å². The molecule has 0 aliphatic carbocycles. The van der Waals surface area contributed by atoms with Gasteiger partial charge in [-0.15, -0.1) is 0 Å². The maximum absolute atomic E-state index is 12.2. The third kappa shape index (κ3) is 5.90. The van der Waals surface area contributed by atoms with Gasteiger partial charge in [0.15, 0.2) is 0 Å². The van der Waals surface area contributed by atoms with Crippen molar-refractivity contribution in [3.8, 4) is 0 Å². The van der Waals surface area contributed by atoms with Crippen molar-refractivity contribution in [1.82, 2.24) is 9.80 Å². The summed E-state index contributed by atoms with van der Waals surface area (Å²) in [6, 6.07) is 0. The monoisotopic (exact) mass is 284 g/mol. The van der Waals surface area contributed by atoms with Gasteiger partial charge in [0.2, 0.25) is 5.91 Å². The number of carbonyl (C=O) groups excluding carboxylic acids is 1. The summed E-state index contributed by atoms with van der Waals surface area (Å²) in [5, 5.41) is 9.03. The lowest BCUT2D eigenvalue weighted by Crippen LogP contribution is -2.42. The van der Waals surface area contributed by atoms with Crippen molar-refractivity contribution in [3.05, 3.63) is 0 Å². The smallest absolute Gasteiger partial charge is 0.307 e. The van der Waals surface area contributed by atoms with Crippen LogP contribution in [0.1, 0.15) is 46.0 Å². The summed E-state index contributed by atoms with van der Waals surface area (Å²) in [4.78, 5) is 27.1. The second-order valence-corrected chi connectivity index (χ2v) is 5.77. The number of nitrogens with zero attached hydrogens (tertiary/aromatic N) is 2.